The Morgan fingerprint density at radius 1 is 0.970 bits per heavy atom. The Morgan fingerprint density at radius 2 is 1.73 bits per heavy atom. The fourth-order valence-electron chi connectivity index (χ4n) is 3.53. The van der Waals surface area contributed by atoms with Gasteiger partial charge in [0, 0.05) is 16.1 Å². The average molecular weight is 497 g/mol. The van der Waals surface area contributed by atoms with Crippen molar-refractivity contribution in [2.45, 2.75) is 20.3 Å². The molecule has 7 heteroatoms. The summed E-state index contributed by atoms with van der Waals surface area (Å²) in [5.74, 6) is -0.535. The molecule has 0 amide bonds. The molecule has 0 bridgehead atoms. The monoisotopic (exact) mass is 496 g/mol. The normalized spacial score (nSPS) is 11.1. The molecule has 4 aromatic rings. The molecular weight excluding hydrogens is 475 g/mol. The molecule has 0 saturated heterocycles. The Balaban J connectivity index is 1.74. The first kappa shape index (κ1) is 23.3. The van der Waals surface area contributed by atoms with Gasteiger partial charge in [0.05, 0.1) is 21.3 Å². The molecule has 0 aliphatic heterocycles. The van der Waals surface area contributed by atoms with Crippen molar-refractivity contribution in [2.24, 2.45) is 5.92 Å². The van der Waals surface area contributed by atoms with E-state index in [1.807, 2.05) is 48.5 Å². The van der Waals surface area contributed by atoms with E-state index in [9.17, 15) is 9.90 Å². The van der Waals surface area contributed by atoms with Gasteiger partial charge in [0.1, 0.15) is 0 Å². The second-order valence-corrected chi connectivity index (χ2v) is 10.0. The smallest absolute Gasteiger partial charge is 0.335 e. The van der Waals surface area contributed by atoms with Gasteiger partial charge < -0.3 is 10.4 Å². The molecule has 2 N–H and O–H groups in total. The molecule has 0 aliphatic carbocycles. The lowest BCUT2D eigenvalue weighted by Crippen LogP contribution is -1.99. The fraction of sp³-hybridized carbons (Fsp3) is 0.154. The summed E-state index contributed by atoms with van der Waals surface area (Å²) in [5.41, 5.74) is 4.39. The number of carboxylic acid groups (broad SMARTS) is 1. The van der Waals surface area contributed by atoms with E-state index in [0.29, 0.717) is 26.8 Å². The van der Waals surface area contributed by atoms with Gasteiger partial charge in [-0.1, -0.05) is 73.4 Å². The number of nitrogens with one attached hydrogen (secondary N) is 1. The first-order valence-corrected chi connectivity index (χ1v) is 12.0. The molecule has 3 aromatic carbocycles. The minimum Gasteiger partial charge on any atom is -0.478 e. The van der Waals surface area contributed by atoms with Crippen LogP contribution in [0.1, 0.15) is 29.1 Å². The van der Waals surface area contributed by atoms with E-state index in [-0.39, 0.29) is 5.56 Å². The molecule has 0 atom stereocenters. The summed E-state index contributed by atoms with van der Waals surface area (Å²) in [6, 6.07) is 20.4. The number of nitrogens with zero attached hydrogens (tertiary/aromatic N) is 1. The molecule has 0 unspecified atom stereocenters. The number of benzene rings is 3. The van der Waals surface area contributed by atoms with Crippen molar-refractivity contribution >= 4 is 51.3 Å². The van der Waals surface area contributed by atoms with Gasteiger partial charge in [-0.2, -0.15) is 0 Å². The van der Waals surface area contributed by atoms with E-state index in [2.05, 4.69) is 19.2 Å². The quantitative estimate of drug-likeness (QED) is 0.269. The summed E-state index contributed by atoms with van der Waals surface area (Å²) in [5, 5.41) is 14.6. The molecule has 4 nitrogen and oxygen atoms in total. The average Bonchev–Trinajstić information content (AvgIpc) is 3.17. The third-order valence-electron chi connectivity index (χ3n) is 5.02. The number of halogens is 2. The van der Waals surface area contributed by atoms with Crippen LogP contribution >= 0.6 is 34.5 Å². The van der Waals surface area contributed by atoms with Crippen molar-refractivity contribution in [3.63, 3.8) is 0 Å². The highest BCUT2D eigenvalue weighted by molar-refractivity contribution is 7.16. The van der Waals surface area contributed by atoms with Crippen LogP contribution in [0.5, 0.6) is 0 Å². The van der Waals surface area contributed by atoms with E-state index in [0.717, 1.165) is 33.7 Å². The molecule has 4 rings (SSSR count). The van der Waals surface area contributed by atoms with Gasteiger partial charge in [0.25, 0.3) is 0 Å². The summed E-state index contributed by atoms with van der Waals surface area (Å²) in [6.07, 6.45) is 0.860. The van der Waals surface area contributed by atoms with Gasteiger partial charge in [-0.25, -0.2) is 9.78 Å². The number of rotatable bonds is 7. The molecule has 0 spiro atoms. The van der Waals surface area contributed by atoms with Crippen LogP contribution in [-0.4, -0.2) is 16.1 Å². The van der Waals surface area contributed by atoms with Crippen LogP contribution in [0.2, 0.25) is 10.0 Å². The lowest BCUT2D eigenvalue weighted by molar-refractivity contribution is 0.0697. The van der Waals surface area contributed by atoms with E-state index >= 15 is 0 Å². The number of thiazole rings is 1. The zero-order valence-electron chi connectivity index (χ0n) is 18.1. The van der Waals surface area contributed by atoms with Gasteiger partial charge in [-0.3, -0.25) is 0 Å². The predicted octanol–water partition coefficient (Wildman–Crippen LogP) is 8.42. The highest BCUT2D eigenvalue weighted by atomic mass is 35.5. The number of hydrogen-bond acceptors (Lipinski definition) is 4. The molecule has 0 saturated carbocycles. The summed E-state index contributed by atoms with van der Waals surface area (Å²) >= 11 is 13.9. The number of anilines is 2. The van der Waals surface area contributed by atoms with Crippen LogP contribution < -0.4 is 5.32 Å². The Kier molecular flexibility index (Phi) is 7.03. The van der Waals surface area contributed by atoms with E-state index in [1.54, 1.807) is 29.5 Å². The fourth-order valence-corrected chi connectivity index (χ4v) is 5.04. The van der Waals surface area contributed by atoms with Crippen molar-refractivity contribution in [3.8, 4) is 22.4 Å². The van der Waals surface area contributed by atoms with E-state index in [1.165, 1.54) is 0 Å². The van der Waals surface area contributed by atoms with Crippen molar-refractivity contribution < 1.29 is 9.90 Å². The summed E-state index contributed by atoms with van der Waals surface area (Å²) in [7, 11) is 0. The Bertz CT molecular complexity index is 1300. The predicted molar refractivity (Wildman–Crippen MR) is 138 cm³/mol. The van der Waals surface area contributed by atoms with Crippen molar-refractivity contribution in [2.75, 3.05) is 5.32 Å². The van der Waals surface area contributed by atoms with E-state index in [4.69, 9.17) is 28.2 Å². The minimum atomic E-state index is -0.980. The zero-order valence-corrected chi connectivity index (χ0v) is 20.4. The van der Waals surface area contributed by atoms with Gasteiger partial charge in [0.15, 0.2) is 5.13 Å². The van der Waals surface area contributed by atoms with Crippen LogP contribution in [-0.2, 0) is 6.42 Å². The first-order chi connectivity index (χ1) is 15.8. The highest BCUT2D eigenvalue weighted by Crippen LogP contribution is 2.37. The molecule has 1 heterocycles. The second-order valence-electron chi connectivity index (χ2n) is 8.11. The number of aromatic nitrogens is 1. The van der Waals surface area contributed by atoms with E-state index < -0.39 is 5.97 Å². The lowest BCUT2D eigenvalue weighted by Gasteiger charge is -2.09. The van der Waals surface area contributed by atoms with Crippen LogP contribution in [0.3, 0.4) is 0 Å². The maximum absolute atomic E-state index is 11.7. The molecular formula is C26H22Cl2N2O2S. The van der Waals surface area contributed by atoms with Crippen molar-refractivity contribution in [3.05, 3.63) is 87.2 Å². The third kappa shape index (κ3) is 5.56. The third-order valence-corrected chi connectivity index (χ3v) is 6.75. The van der Waals surface area contributed by atoms with Gasteiger partial charge >= 0.3 is 5.97 Å². The topological polar surface area (TPSA) is 62.2 Å². The van der Waals surface area contributed by atoms with Gasteiger partial charge in [0.2, 0.25) is 0 Å². The maximum Gasteiger partial charge on any atom is 0.335 e. The molecule has 0 radical (unpaired) electrons. The van der Waals surface area contributed by atoms with Gasteiger partial charge in [-0.05, 0) is 53.8 Å². The Morgan fingerprint density at radius 3 is 2.39 bits per heavy atom. The van der Waals surface area contributed by atoms with Crippen LogP contribution in [0.25, 0.3) is 22.4 Å². The van der Waals surface area contributed by atoms with Crippen LogP contribution in [0.4, 0.5) is 10.8 Å². The van der Waals surface area contributed by atoms with Crippen molar-refractivity contribution in [1.82, 2.24) is 4.98 Å². The molecule has 168 valence electrons. The Labute approximate surface area is 206 Å². The van der Waals surface area contributed by atoms with Crippen LogP contribution in [0, 0.1) is 5.92 Å². The molecule has 0 fully saturated rings. The second kappa shape index (κ2) is 9.96. The minimum absolute atomic E-state index is 0.211. The SMILES string of the molecule is CC(C)Cc1sc(Nc2cc(C(=O)O)cc(-c3ccccc3)c2)nc1-c1ccc(Cl)c(Cl)c1. The van der Waals surface area contributed by atoms with Gasteiger partial charge in [-0.15, -0.1) is 11.3 Å². The summed E-state index contributed by atoms with van der Waals surface area (Å²) in [4.78, 5) is 17.7. The largest absolute Gasteiger partial charge is 0.478 e. The number of aromatic carboxylic acids is 1. The number of carboxylic acids is 1. The number of hydrogen-bond donors (Lipinski definition) is 2. The Hall–Kier alpha value is -2.86. The molecule has 0 aliphatic rings. The maximum atomic E-state index is 11.7. The summed E-state index contributed by atoms with van der Waals surface area (Å²) < 4.78 is 0. The lowest BCUT2D eigenvalue weighted by atomic mass is 10.0. The number of carbonyl (C=O) groups is 1. The summed E-state index contributed by atoms with van der Waals surface area (Å²) in [6.45, 7) is 4.32. The molecule has 33 heavy (non-hydrogen) atoms. The standard InChI is InChI=1S/C26H22Cl2N2O2S/c1-15(2)10-23-24(17-8-9-21(27)22(28)14-17)30-26(33-23)29-20-12-18(11-19(13-20)25(31)32)16-6-4-3-5-7-16/h3-9,11-15H,10H2,1-2H3,(H,29,30)(H,31,32). The van der Waals surface area contributed by atoms with Crippen molar-refractivity contribution in [1.29, 1.82) is 0 Å². The van der Waals surface area contributed by atoms with Crippen LogP contribution in [0.15, 0.2) is 66.7 Å². The molecule has 1 aromatic heterocycles. The first-order valence-electron chi connectivity index (χ1n) is 10.5. The highest BCUT2D eigenvalue weighted by Gasteiger charge is 2.17. The zero-order chi connectivity index (χ0) is 23.5.